The molecule has 2 rings (SSSR count). The van der Waals surface area contributed by atoms with Gasteiger partial charge in [-0.25, -0.2) is 13.6 Å². The van der Waals surface area contributed by atoms with Crippen molar-refractivity contribution < 1.29 is 18.0 Å². The summed E-state index contributed by atoms with van der Waals surface area (Å²) in [6.07, 6.45) is 0.264. The number of sulfonamides is 1. The number of hydrogen-bond acceptors (Lipinski definition) is 5. The molecule has 10 heteroatoms. The third-order valence-electron chi connectivity index (χ3n) is 4.41. The summed E-state index contributed by atoms with van der Waals surface area (Å²) in [4.78, 5) is 29.5. The largest absolute Gasteiger partial charge is 0.345 e. The molecule has 0 bridgehead atoms. The van der Waals surface area contributed by atoms with Gasteiger partial charge in [0.05, 0.1) is 11.4 Å². The van der Waals surface area contributed by atoms with Crippen LogP contribution in [0.15, 0.2) is 24.3 Å². The van der Waals surface area contributed by atoms with Crippen molar-refractivity contribution in [2.45, 2.75) is 25.8 Å². The zero-order chi connectivity index (χ0) is 20.6. The van der Waals surface area contributed by atoms with Crippen LogP contribution >= 0.6 is 12.2 Å². The normalized spacial score (nSPS) is 16.8. The van der Waals surface area contributed by atoms with Crippen molar-refractivity contribution in [3.05, 3.63) is 29.8 Å². The van der Waals surface area contributed by atoms with Crippen molar-refractivity contribution in [1.29, 1.82) is 0 Å². The number of amides is 2. The summed E-state index contributed by atoms with van der Waals surface area (Å²) >= 11 is 5.48. The molecular weight excluding hydrogens is 388 g/mol. The number of anilines is 1. The lowest BCUT2D eigenvalue weighted by Gasteiger charge is -2.29. The van der Waals surface area contributed by atoms with E-state index in [1.807, 2.05) is 0 Å². The van der Waals surface area contributed by atoms with E-state index in [1.165, 1.54) is 9.80 Å². The average molecular weight is 413 g/mol. The molecule has 1 fully saturated rings. The molecule has 2 N–H and O–H groups in total. The molecule has 1 saturated heterocycles. The third kappa shape index (κ3) is 4.45. The lowest BCUT2D eigenvalue weighted by atomic mass is 10.0. The number of primary sulfonamides is 1. The smallest absolute Gasteiger partial charge is 0.258 e. The van der Waals surface area contributed by atoms with Gasteiger partial charge in [-0.2, -0.15) is 0 Å². The lowest BCUT2D eigenvalue weighted by molar-refractivity contribution is -0.123. The fourth-order valence-electron chi connectivity index (χ4n) is 2.87. The molecule has 0 aliphatic carbocycles. The van der Waals surface area contributed by atoms with Gasteiger partial charge < -0.3 is 9.80 Å². The van der Waals surface area contributed by atoms with Crippen LogP contribution in [0.5, 0.6) is 0 Å². The summed E-state index contributed by atoms with van der Waals surface area (Å²) in [5, 5.41) is 5.34. The Bertz CT molecular complexity index is 863. The van der Waals surface area contributed by atoms with E-state index >= 15 is 0 Å². The van der Waals surface area contributed by atoms with Gasteiger partial charge in [0.15, 0.2) is 5.11 Å². The fraction of sp³-hybridized carbons (Fsp3) is 0.471. The molecule has 1 aliphatic rings. The lowest BCUT2D eigenvalue weighted by Crippen LogP contribution is -2.45. The van der Waals surface area contributed by atoms with Gasteiger partial charge in [0, 0.05) is 26.2 Å². The Morgan fingerprint density at radius 2 is 1.78 bits per heavy atom. The topological polar surface area (TPSA) is 104 Å². The van der Waals surface area contributed by atoms with E-state index in [0.29, 0.717) is 22.9 Å². The quantitative estimate of drug-likeness (QED) is 0.693. The maximum atomic E-state index is 12.9. The number of rotatable bonds is 6. The van der Waals surface area contributed by atoms with Crippen molar-refractivity contribution in [1.82, 2.24) is 9.80 Å². The van der Waals surface area contributed by atoms with Crippen LogP contribution in [0.1, 0.15) is 30.6 Å². The molecule has 148 valence electrons. The van der Waals surface area contributed by atoms with Crippen LogP contribution in [0.25, 0.3) is 0 Å². The first-order chi connectivity index (χ1) is 12.4. The van der Waals surface area contributed by atoms with Crippen LogP contribution in [-0.2, 0) is 14.8 Å². The van der Waals surface area contributed by atoms with Crippen molar-refractivity contribution in [2.75, 3.05) is 31.3 Å². The zero-order valence-electron chi connectivity index (χ0n) is 15.8. The molecule has 0 radical (unpaired) electrons. The molecule has 0 spiro atoms. The van der Waals surface area contributed by atoms with Crippen molar-refractivity contribution in [2.24, 2.45) is 5.14 Å². The molecule has 0 saturated carbocycles. The van der Waals surface area contributed by atoms with E-state index in [9.17, 15) is 18.0 Å². The maximum absolute atomic E-state index is 12.9. The van der Waals surface area contributed by atoms with Gasteiger partial charge >= 0.3 is 0 Å². The number of nitrogens with zero attached hydrogens (tertiary/aromatic N) is 3. The van der Waals surface area contributed by atoms with Gasteiger partial charge in [0.2, 0.25) is 10.0 Å². The van der Waals surface area contributed by atoms with Gasteiger partial charge in [-0.15, -0.1) is 0 Å². The maximum Gasteiger partial charge on any atom is 0.258 e. The monoisotopic (exact) mass is 412 g/mol. The first-order valence-electron chi connectivity index (χ1n) is 8.34. The van der Waals surface area contributed by atoms with Crippen LogP contribution in [0.3, 0.4) is 0 Å². The van der Waals surface area contributed by atoms with Gasteiger partial charge in [0.1, 0.15) is 5.54 Å². The first-order valence-corrected chi connectivity index (χ1v) is 10.5. The summed E-state index contributed by atoms with van der Waals surface area (Å²) in [7, 11) is -0.246. The third-order valence-corrected chi connectivity index (χ3v) is 5.67. The average Bonchev–Trinajstić information content (AvgIpc) is 2.73. The molecule has 1 heterocycles. The molecule has 27 heavy (non-hydrogen) atoms. The summed E-state index contributed by atoms with van der Waals surface area (Å²) in [6.45, 7) is 3.77. The number of thiocarbonyl (C=S) groups is 1. The van der Waals surface area contributed by atoms with E-state index < -0.39 is 15.6 Å². The minimum atomic E-state index is -3.57. The Labute approximate surface area is 165 Å². The highest BCUT2D eigenvalue weighted by atomic mass is 32.2. The molecule has 8 nitrogen and oxygen atoms in total. The second kappa shape index (κ2) is 7.53. The minimum absolute atomic E-state index is 0.137. The van der Waals surface area contributed by atoms with E-state index in [4.69, 9.17) is 17.4 Å². The van der Waals surface area contributed by atoms with Gasteiger partial charge in [-0.05, 0) is 56.8 Å². The molecular formula is C17H24N4O4S2. The van der Waals surface area contributed by atoms with E-state index in [2.05, 4.69) is 0 Å². The second-order valence-electron chi connectivity index (χ2n) is 7.10. The number of hydrogen-bond donors (Lipinski definition) is 1. The van der Waals surface area contributed by atoms with Crippen molar-refractivity contribution in [3.8, 4) is 0 Å². The Morgan fingerprint density at radius 1 is 1.22 bits per heavy atom. The molecule has 1 aromatic carbocycles. The summed E-state index contributed by atoms with van der Waals surface area (Å²) < 4.78 is 22.3. The number of benzene rings is 1. The molecule has 0 unspecified atom stereocenters. The summed E-state index contributed by atoms with van der Waals surface area (Å²) in [6, 6.07) is 6.63. The van der Waals surface area contributed by atoms with Crippen molar-refractivity contribution >= 4 is 44.9 Å². The highest BCUT2D eigenvalue weighted by Gasteiger charge is 2.49. The predicted octanol–water partition coefficient (Wildman–Crippen LogP) is 0.779. The Kier molecular flexibility index (Phi) is 5.93. The van der Waals surface area contributed by atoms with Crippen LogP contribution in [0, 0.1) is 0 Å². The van der Waals surface area contributed by atoms with Crippen LogP contribution in [-0.4, -0.2) is 67.1 Å². The van der Waals surface area contributed by atoms with Crippen molar-refractivity contribution in [3.63, 3.8) is 0 Å². The highest BCUT2D eigenvalue weighted by Crippen LogP contribution is 2.32. The van der Waals surface area contributed by atoms with Crippen LogP contribution < -0.4 is 10.0 Å². The molecule has 1 aromatic rings. The fourth-order valence-corrected chi connectivity index (χ4v) is 3.91. The Morgan fingerprint density at radius 3 is 2.26 bits per heavy atom. The SMILES string of the molecule is CN(C)C(=O)c1ccc(N2C(=O)C(C)(C)N(CCCS(N)(=O)=O)C2=S)cc1. The summed E-state index contributed by atoms with van der Waals surface area (Å²) in [5.74, 6) is -0.533. The molecule has 0 atom stereocenters. The van der Waals surface area contributed by atoms with E-state index in [-0.39, 0.29) is 24.0 Å². The standard InChI is InChI=1S/C17H24N4O4S2/c1-17(2)15(23)21(16(26)20(17)10-5-11-27(18,24)25)13-8-6-12(7-9-13)14(22)19(3)4/h6-9H,5,10-11H2,1-4H3,(H2,18,24,25). The van der Waals surface area contributed by atoms with Crippen LogP contribution in [0.2, 0.25) is 0 Å². The second-order valence-corrected chi connectivity index (χ2v) is 9.20. The van der Waals surface area contributed by atoms with Gasteiger partial charge in [-0.3, -0.25) is 14.5 Å². The van der Waals surface area contributed by atoms with Crippen LogP contribution in [0.4, 0.5) is 5.69 Å². The highest BCUT2D eigenvalue weighted by molar-refractivity contribution is 7.89. The Balaban J connectivity index is 2.24. The number of nitrogens with two attached hydrogens (primary N) is 1. The zero-order valence-corrected chi connectivity index (χ0v) is 17.4. The summed E-state index contributed by atoms with van der Waals surface area (Å²) in [5.41, 5.74) is 0.154. The molecule has 2 amide bonds. The van der Waals surface area contributed by atoms with Gasteiger partial charge in [0.25, 0.3) is 11.8 Å². The minimum Gasteiger partial charge on any atom is -0.345 e. The molecule has 1 aliphatic heterocycles. The Hall–Kier alpha value is -2.04. The molecule has 0 aromatic heterocycles. The first kappa shape index (κ1) is 21.3. The predicted molar refractivity (Wildman–Crippen MR) is 108 cm³/mol. The number of carbonyl (C=O) groups is 2. The van der Waals surface area contributed by atoms with E-state index in [0.717, 1.165) is 0 Å². The number of carbonyl (C=O) groups excluding carboxylic acids is 2. The van der Waals surface area contributed by atoms with E-state index in [1.54, 1.807) is 57.1 Å². The van der Waals surface area contributed by atoms with Gasteiger partial charge in [-0.1, -0.05) is 0 Å².